The van der Waals surface area contributed by atoms with Crippen molar-refractivity contribution in [3.8, 4) is 5.75 Å². The maximum atomic E-state index is 12.0. The highest BCUT2D eigenvalue weighted by Crippen LogP contribution is 2.20. The highest BCUT2D eigenvalue weighted by atomic mass is 16.6. The smallest absolute Gasteiger partial charge is 0.347 e. The molecular formula is C22H28N2O4. The molecule has 28 heavy (non-hydrogen) atoms. The van der Waals surface area contributed by atoms with Crippen molar-refractivity contribution < 1.29 is 19.1 Å². The molecule has 1 amide bonds. The molecular weight excluding hydrogens is 356 g/mol. The number of nitrogens with one attached hydrogen (secondary N) is 1. The van der Waals surface area contributed by atoms with Gasteiger partial charge in [0.1, 0.15) is 5.75 Å². The van der Waals surface area contributed by atoms with E-state index >= 15 is 0 Å². The Morgan fingerprint density at radius 3 is 2.21 bits per heavy atom. The summed E-state index contributed by atoms with van der Waals surface area (Å²) in [5.74, 6) is -0.423. The van der Waals surface area contributed by atoms with E-state index in [1.807, 2.05) is 42.5 Å². The molecule has 1 atom stereocenters. The number of para-hydroxylation sites is 1. The molecule has 0 aromatic heterocycles. The van der Waals surface area contributed by atoms with Crippen LogP contribution in [0, 0.1) is 0 Å². The first-order valence-electron chi connectivity index (χ1n) is 9.45. The van der Waals surface area contributed by atoms with Crippen LogP contribution in [0.1, 0.15) is 27.7 Å². The van der Waals surface area contributed by atoms with Gasteiger partial charge < -0.3 is 19.7 Å². The number of carbonyl (C=O) groups excluding carboxylic acids is 2. The molecule has 0 bridgehead atoms. The number of benzene rings is 2. The molecule has 1 N–H and O–H groups in total. The van der Waals surface area contributed by atoms with Crippen molar-refractivity contribution in [2.75, 3.05) is 23.4 Å². The van der Waals surface area contributed by atoms with E-state index in [9.17, 15) is 9.59 Å². The first-order chi connectivity index (χ1) is 13.4. The maximum Gasteiger partial charge on any atom is 0.347 e. The Morgan fingerprint density at radius 1 is 1.00 bits per heavy atom. The molecule has 2 rings (SSSR count). The van der Waals surface area contributed by atoms with Crippen LogP contribution < -0.4 is 15.0 Å². The van der Waals surface area contributed by atoms with Crippen LogP contribution in [0.5, 0.6) is 5.75 Å². The van der Waals surface area contributed by atoms with E-state index in [-0.39, 0.29) is 6.61 Å². The van der Waals surface area contributed by atoms with Crippen LogP contribution in [0.2, 0.25) is 0 Å². The van der Waals surface area contributed by atoms with Gasteiger partial charge in [0, 0.05) is 24.0 Å². The van der Waals surface area contributed by atoms with E-state index in [0.29, 0.717) is 17.5 Å². The summed E-state index contributed by atoms with van der Waals surface area (Å²) in [6.07, 6.45) is -0.800. The third kappa shape index (κ3) is 6.30. The van der Waals surface area contributed by atoms with Crippen molar-refractivity contribution >= 4 is 23.3 Å². The molecule has 1 unspecified atom stereocenters. The van der Waals surface area contributed by atoms with E-state index < -0.39 is 18.0 Å². The standard InChI is InChI=1S/C22H28N2O4/c1-5-24(16(2)3)19-13-11-18(12-14-19)23-21(25)15-27-22(26)17(4)28-20-9-7-6-8-10-20/h6-14,16-17H,5,15H2,1-4H3,(H,23,25). The minimum absolute atomic E-state index is 0.365. The van der Waals surface area contributed by atoms with Crippen LogP contribution in [0.4, 0.5) is 11.4 Å². The SMILES string of the molecule is CCN(c1ccc(NC(=O)COC(=O)C(C)Oc2ccccc2)cc1)C(C)C. The fourth-order valence-corrected chi connectivity index (χ4v) is 2.78. The lowest BCUT2D eigenvalue weighted by atomic mass is 10.2. The fourth-order valence-electron chi connectivity index (χ4n) is 2.78. The Hall–Kier alpha value is -3.02. The molecule has 0 saturated carbocycles. The molecule has 6 heteroatoms. The molecule has 2 aromatic carbocycles. The van der Waals surface area contributed by atoms with Crippen LogP contribution in [0.25, 0.3) is 0 Å². The Kier molecular flexibility index (Phi) is 7.87. The zero-order valence-corrected chi connectivity index (χ0v) is 16.8. The van der Waals surface area contributed by atoms with E-state index in [0.717, 1.165) is 12.2 Å². The maximum absolute atomic E-state index is 12.0. The summed E-state index contributed by atoms with van der Waals surface area (Å²) in [6, 6.07) is 17.0. The van der Waals surface area contributed by atoms with Crippen LogP contribution in [0.15, 0.2) is 54.6 Å². The lowest BCUT2D eigenvalue weighted by Crippen LogP contribution is -2.30. The van der Waals surface area contributed by atoms with Gasteiger partial charge in [-0.05, 0) is 64.1 Å². The largest absolute Gasteiger partial charge is 0.479 e. The number of hydrogen-bond donors (Lipinski definition) is 1. The monoisotopic (exact) mass is 384 g/mol. The molecule has 0 fully saturated rings. The normalized spacial score (nSPS) is 11.6. The van der Waals surface area contributed by atoms with Gasteiger partial charge in [0.15, 0.2) is 12.7 Å². The van der Waals surface area contributed by atoms with Crippen molar-refractivity contribution in [2.45, 2.75) is 39.8 Å². The van der Waals surface area contributed by atoms with Gasteiger partial charge in [-0.3, -0.25) is 4.79 Å². The minimum atomic E-state index is -0.800. The second kappa shape index (κ2) is 10.3. The number of hydrogen-bond acceptors (Lipinski definition) is 5. The van der Waals surface area contributed by atoms with Gasteiger partial charge in [-0.2, -0.15) is 0 Å². The van der Waals surface area contributed by atoms with Crippen molar-refractivity contribution in [1.82, 2.24) is 0 Å². The Balaban J connectivity index is 1.81. The van der Waals surface area contributed by atoms with Crippen molar-refractivity contribution in [3.05, 3.63) is 54.6 Å². The lowest BCUT2D eigenvalue weighted by Gasteiger charge is -2.27. The average Bonchev–Trinajstić information content (AvgIpc) is 2.68. The van der Waals surface area contributed by atoms with Gasteiger partial charge in [0.2, 0.25) is 0 Å². The first-order valence-corrected chi connectivity index (χ1v) is 9.45. The van der Waals surface area contributed by atoms with Crippen molar-refractivity contribution in [3.63, 3.8) is 0 Å². The summed E-state index contributed by atoms with van der Waals surface area (Å²) in [5, 5.41) is 2.72. The predicted octanol–water partition coefficient (Wildman–Crippen LogP) is 3.87. The summed E-state index contributed by atoms with van der Waals surface area (Å²) in [5.41, 5.74) is 1.74. The molecule has 2 aromatic rings. The van der Waals surface area contributed by atoms with E-state index in [4.69, 9.17) is 9.47 Å². The molecule has 0 aliphatic heterocycles. The quantitative estimate of drug-likeness (QED) is 0.665. The second-order valence-electron chi connectivity index (χ2n) is 6.66. The summed E-state index contributed by atoms with van der Waals surface area (Å²) < 4.78 is 10.5. The Labute approximate surface area is 166 Å². The predicted molar refractivity (Wildman–Crippen MR) is 111 cm³/mol. The van der Waals surface area contributed by atoms with Gasteiger partial charge in [-0.1, -0.05) is 18.2 Å². The van der Waals surface area contributed by atoms with Crippen LogP contribution in [0.3, 0.4) is 0 Å². The topological polar surface area (TPSA) is 67.9 Å². The number of amides is 1. The molecule has 6 nitrogen and oxygen atoms in total. The molecule has 0 heterocycles. The number of esters is 1. The Morgan fingerprint density at radius 2 is 1.64 bits per heavy atom. The minimum Gasteiger partial charge on any atom is -0.479 e. The zero-order chi connectivity index (χ0) is 20.5. The molecule has 0 aliphatic carbocycles. The van der Waals surface area contributed by atoms with E-state index in [1.165, 1.54) is 0 Å². The Bertz CT molecular complexity index is 760. The summed E-state index contributed by atoms with van der Waals surface area (Å²) in [6.45, 7) is 8.50. The highest BCUT2D eigenvalue weighted by molar-refractivity contribution is 5.93. The fraction of sp³-hybridized carbons (Fsp3) is 0.364. The summed E-state index contributed by atoms with van der Waals surface area (Å²) >= 11 is 0. The van der Waals surface area contributed by atoms with Crippen LogP contribution >= 0.6 is 0 Å². The second-order valence-corrected chi connectivity index (χ2v) is 6.66. The number of carbonyl (C=O) groups is 2. The third-order valence-corrected chi connectivity index (χ3v) is 4.18. The summed E-state index contributed by atoms with van der Waals surface area (Å²) in [7, 11) is 0. The van der Waals surface area contributed by atoms with Gasteiger partial charge in [0.05, 0.1) is 0 Å². The highest BCUT2D eigenvalue weighted by Gasteiger charge is 2.18. The number of nitrogens with zero attached hydrogens (tertiary/aromatic N) is 1. The molecule has 0 aliphatic rings. The zero-order valence-electron chi connectivity index (χ0n) is 16.8. The van der Waals surface area contributed by atoms with E-state index in [1.54, 1.807) is 19.1 Å². The first kappa shape index (κ1) is 21.3. The van der Waals surface area contributed by atoms with Crippen LogP contribution in [-0.2, 0) is 14.3 Å². The van der Waals surface area contributed by atoms with Crippen molar-refractivity contribution in [2.24, 2.45) is 0 Å². The number of anilines is 2. The summed E-state index contributed by atoms with van der Waals surface area (Å²) in [4.78, 5) is 26.3. The van der Waals surface area contributed by atoms with Crippen LogP contribution in [-0.4, -0.2) is 37.2 Å². The van der Waals surface area contributed by atoms with Gasteiger partial charge in [0.25, 0.3) is 5.91 Å². The van der Waals surface area contributed by atoms with Gasteiger partial charge >= 0.3 is 5.97 Å². The van der Waals surface area contributed by atoms with Crippen molar-refractivity contribution in [1.29, 1.82) is 0 Å². The van der Waals surface area contributed by atoms with Gasteiger partial charge in [-0.25, -0.2) is 4.79 Å². The average molecular weight is 384 g/mol. The molecule has 150 valence electrons. The van der Waals surface area contributed by atoms with E-state index in [2.05, 4.69) is 31.0 Å². The lowest BCUT2D eigenvalue weighted by molar-refractivity contribution is -0.153. The number of ether oxygens (including phenoxy) is 2. The molecule has 0 saturated heterocycles. The molecule has 0 radical (unpaired) electrons. The number of rotatable bonds is 9. The molecule has 0 spiro atoms. The van der Waals surface area contributed by atoms with Gasteiger partial charge in [-0.15, -0.1) is 0 Å². The third-order valence-electron chi connectivity index (χ3n) is 4.18.